The maximum absolute atomic E-state index is 11.9. The highest BCUT2D eigenvalue weighted by atomic mass is 32.2. The van der Waals surface area contributed by atoms with Crippen molar-refractivity contribution in [3.63, 3.8) is 0 Å². The molecule has 0 saturated carbocycles. The van der Waals surface area contributed by atoms with Gasteiger partial charge in [0, 0.05) is 18.3 Å². The number of carbonyl (C=O) groups excluding carboxylic acids is 1. The number of likely N-dealkylation sites (N-methyl/N-ethyl adjacent to an activating group) is 1. The Morgan fingerprint density at radius 2 is 2.15 bits per heavy atom. The molecule has 7 nitrogen and oxygen atoms in total. The summed E-state index contributed by atoms with van der Waals surface area (Å²) in [7, 11) is 1.53. The van der Waals surface area contributed by atoms with Crippen LogP contribution in [0.2, 0.25) is 0 Å². The van der Waals surface area contributed by atoms with Crippen LogP contribution >= 0.6 is 0 Å². The third-order valence-electron chi connectivity index (χ3n) is 2.59. The lowest BCUT2D eigenvalue weighted by Crippen LogP contribution is -2.38. The molecule has 0 saturated heterocycles. The van der Waals surface area contributed by atoms with Crippen molar-refractivity contribution in [2.75, 3.05) is 30.5 Å². The largest absolute Gasteiger partial charge is 0.616 e. The lowest BCUT2D eigenvalue weighted by atomic mass is 10.1. The molecule has 0 bridgehead atoms. The van der Waals surface area contributed by atoms with Crippen molar-refractivity contribution in [2.24, 2.45) is 0 Å². The van der Waals surface area contributed by atoms with E-state index in [0.29, 0.717) is 16.9 Å². The van der Waals surface area contributed by atoms with E-state index in [-0.39, 0.29) is 12.3 Å². The van der Waals surface area contributed by atoms with Crippen LogP contribution in [0.5, 0.6) is 0 Å². The van der Waals surface area contributed by atoms with Crippen LogP contribution in [0.3, 0.4) is 0 Å². The van der Waals surface area contributed by atoms with Gasteiger partial charge in [0.25, 0.3) is 0 Å². The first-order valence-corrected chi connectivity index (χ1v) is 7.45. The highest BCUT2D eigenvalue weighted by Crippen LogP contribution is 2.24. The van der Waals surface area contributed by atoms with E-state index in [2.05, 4.69) is 0 Å². The molecule has 0 aliphatic carbocycles. The Morgan fingerprint density at radius 1 is 1.50 bits per heavy atom. The summed E-state index contributed by atoms with van der Waals surface area (Å²) in [5.41, 5.74) is 7.44. The molecular weight excluding hydrogens is 282 g/mol. The minimum atomic E-state index is -1.26. The van der Waals surface area contributed by atoms with Crippen LogP contribution in [0.15, 0.2) is 18.2 Å². The highest BCUT2D eigenvalue weighted by molar-refractivity contribution is 7.89. The molecule has 1 unspecified atom stereocenters. The maximum Gasteiger partial charge on any atom is 0.405 e. The van der Waals surface area contributed by atoms with Crippen molar-refractivity contribution < 1.29 is 19.2 Å². The van der Waals surface area contributed by atoms with Crippen LogP contribution in [0, 0.1) is 0 Å². The quantitative estimate of drug-likeness (QED) is 0.536. The van der Waals surface area contributed by atoms with Crippen LogP contribution in [-0.4, -0.2) is 41.5 Å². The van der Waals surface area contributed by atoms with E-state index < -0.39 is 23.2 Å². The molecule has 0 radical (unpaired) electrons. The Kier molecular flexibility index (Phi) is 5.66. The number of hydrogen-bond donors (Lipinski definition) is 3. The van der Waals surface area contributed by atoms with Crippen molar-refractivity contribution in [3.8, 4) is 0 Å². The summed E-state index contributed by atoms with van der Waals surface area (Å²) in [4.78, 5) is 23.6. The number of carboxylic acid groups (broad SMARTS) is 1. The Labute approximate surface area is 119 Å². The number of nitrogens with zero attached hydrogens (tertiary/aromatic N) is 1. The Bertz CT molecular complexity index is 507. The summed E-state index contributed by atoms with van der Waals surface area (Å²) >= 11 is -1.08. The molecule has 0 fully saturated rings. The van der Waals surface area contributed by atoms with Crippen LogP contribution < -0.4 is 16.0 Å². The number of hydrogen-bond acceptors (Lipinski definition) is 4. The Balaban J connectivity index is 2.93. The number of nitrogen functional groups attached to an aromatic ring is 1. The summed E-state index contributed by atoms with van der Waals surface area (Å²) in [5, 5.41) is 10.5. The first kappa shape index (κ1) is 16.1. The number of anilines is 2. The van der Waals surface area contributed by atoms with Gasteiger partial charge in [-0.3, -0.25) is 4.79 Å². The van der Waals surface area contributed by atoms with Crippen molar-refractivity contribution in [1.82, 2.24) is 5.32 Å². The van der Waals surface area contributed by atoms with Crippen LogP contribution in [0.1, 0.15) is 5.56 Å². The van der Waals surface area contributed by atoms with Gasteiger partial charge in [-0.15, -0.1) is 0 Å². The standard InChI is InChI=1S/C12H17N3O4S/c1-15(11(16)6-14-12(17)18)10-4-3-9(13)5-8(10)7-20(2)19/h3-5,14H,6-7,13H2,1-2H3,(H,17,18). The molecule has 20 heavy (non-hydrogen) atoms. The van der Waals surface area contributed by atoms with E-state index in [1.807, 2.05) is 5.32 Å². The fourth-order valence-corrected chi connectivity index (χ4v) is 2.34. The van der Waals surface area contributed by atoms with Gasteiger partial charge >= 0.3 is 6.09 Å². The van der Waals surface area contributed by atoms with E-state index >= 15 is 0 Å². The molecule has 0 aliphatic rings. The molecule has 2 amide bonds. The van der Waals surface area contributed by atoms with Gasteiger partial charge < -0.3 is 25.6 Å². The summed E-state index contributed by atoms with van der Waals surface area (Å²) < 4.78 is 11.4. The third-order valence-corrected chi connectivity index (χ3v) is 3.31. The van der Waals surface area contributed by atoms with Crippen LogP contribution in [0.25, 0.3) is 0 Å². The average Bonchev–Trinajstić information content (AvgIpc) is 2.34. The first-order chi connectivity index (χ1) is 9.31. The lowest BCUT2D eigenvalue weighted by molar-refractivity contribution is -0.117. The second-order valence-electron chi connectivity index (χ2n) is 4.22. The first-order valence-electron chi connectivity index (χ1n) is 5.73. The Hall–Kier alpha value is -1.93. The topological polar surface area (TPSA) is 119 Å². The number of nitrogens with one attached hydrogen (secondary N) is 1. The average molecular weight is 299 g/mol. The van der Waals surface area contributed by atoms with Crippen LogP contribution in [0.4, 0.5) is 16.2 Å². The molecule has 4 N–H and O–H groups in total. The van der Waals surface area contributed by atoms with Gasteiger partial charge in [-0.2, -0.15) is 0 Å². The van der Waals surface area contributed by atoms with Gasteiger partial charge in [0.15, 0.2) is 0 Å². The van der Waals surface area contributed by atoms with Crippen molar-refractivity contribution in [2.45, 2.75) is 5.75 Å². The maximum atomic E-state index is 11.9. The molecule has 1 atom stereocenters. The van der Waals surface area contributed by atoms with Gasteiger partial charge in [0.2, 0.25) is 5.91 Å². The lowest BCUT2D eigenvalue weighted by Gasteiger charge is -2.21. The highest BCUT2D eigenvalue weighted by Gasteiger charge is 2.17. The number of rotatable bonds is 5. The van der Waals surface area contributed by atoms with Gasteiger partial charge in [0.05, 0.1) is 11.9 Å². The minimum absolute atomic E-state index is 0.268. The van der Waals surface area contributed by atoms with Gasteiger partial charge in [-0.1, -0.05) is 11.2 Å². The second kappa shape index (κ2) is 7.01. The summed E-state index contributed by atoms with van der Waals surface area (Å²) in [6.07, 6.45) is 0.291. The molecule has 1 aromatic rings. The number of benzene rings is 1. The fourth-order valence-electron chi connectivity index (χ4n) is 1.67. The molecule has 0 heterocycles. The van der Waals surface area contributed by atoms with Crippen molar-refractivity contribution >= 4 is 34.6 Å². The van der Waals surface area contributed by atoms with E-state index in [0.717, 1.165) is 0 Å². The molecule has 110 valence electrons. The SMILES string of the molecule is CN(C(=O)CNC(=O)O)c1ccc(N)cc1C[S+](C)[O-]. The normalized spacial score (nSPS) is 11.8. The second-order valence-corrected chi connectivity index (χ2v) is 5.65. The molecule has 8 heteroatoms. The summed E-state index contributed by atoms with van der Waals surface area (Å²) in [6.45, 7) is -0.329. The van der Waals surface area contributed by atoms with Crippen molar-refractivity contribution in [3.05, 3.63) is 23.8 Å². The number of amides is 2. The zero-order chi connectivity index (χ0) is 15.3. The predicted molar refractivity (Wildman–Crippen MR) is 78.1 cm³/mol. The fraction of sp³-hybridized carbons (Fsp3) is 0.333. The van der Waals surface area contributed by atoms with Crippen molar-refractivity contribution in [1.29, 1.82) is 0 Å². The van der Waals surface area contributed by atoms with Crippen LogP contribution in [-0.2, 0) is 21.7 Å². The van der Waals surface area contributed by atoms with Gasteiger partial charge in [-0.05, 0) is 18.2 Å². The Morgan fingerprint density at radius 3 is 2.70 bits per heavy atom. The molecule has 0 aliphatic heterocycles. The van der Waals surface area contributed by atoms with E-state index in [1.54, 1.807) is 24.5 Å². The smallest absolute Gasteiger partial charge is 0.405 e. The molecule has 0 aromatic heterocycles. The summed E-state index contributed by atoms with van der Waals surface area (Å²) in [6, 6.07) is 4.94. The third kappa shape index (κ3) is 4.63. The van der Waals surface area contributed by atoms with Gasteiger partial charge in [-0.25, -0.2) is 4.79 Å². The molecular formula is C12H17N3O4S. The molecule has 0 spiro atoms. The minimum Gasteiger partial charge on any atom is -0.616 e. The van der Waals surface area contributed by atoms with E-state index in [9.17, 15) is 14.1 Å². The zero-order valence-corrected chi connectivity index (χ0v) is 12.1. The summed E-state index contributed by atoms with van der Waals surface area (Å²) in [5.74, 6) is -0.148. The number of carbonyl (C=O) groups is 2. The predicted octanol–water partition coefficient (Wildman–Crippen LogP) is 0.378. The molecule has 1 aromatic carbocycles. The number of nitrogens with two attached hydrogens (primary N) is 1. The van der Waals surface area contributed by atoms with E-state index in [1.165, 1.54) is 11.9 Å². The monoisotopic (exact) mass is 299 g/mol. The zero-order valence-electron chi connectivity index (χ0n) is 11.3. The van der Waals surface area contributed by atoms with Gasteiger partial charge in [0.1, 0.15) is 12.3 Å². The van der Waals surface area contributed by atoms with E-state index in [4.69, 9.17) is 10.8 Å². The molecule has 1 rings (SSSR count).